The minimum absolute atomic E-state index is 0.0213. The number of nitrogens with zero attached hydrogens (tertiary/aromatic N) is 4. The number of piperidine rings is 1. The van der Waals surface area contributed by atoms with Gasteiger partial charge in [0.25, 0.3) is 21.6 Å². The maximum absolute atomic E-state index is 13.9. The van der Waals surface area contributed by atoms with Crippen molar-refractivity contribution in [1.82, 2.24) is 19.6 Å². The fraction of sp³-hybridized carbons (Fsp3) is 0.417. The molecular weight excluding hydrogens is 854 g/mol. The number of ether oxygens (including phenoxy) is 2. The normalized spacial score (nSPS) is 19.1. The molecule has 0 radical (unpaired) electrons. The molecule has 9 rings (SSSR count). The number of aromatic nitrogens is 2. The third-order valence-corrected chi connectivity index (χ3v) is 15.1. The third kappa shape index (κ3) is 9.63. The number of hydrogen-bond donors (Lipinski definition) is 3. The zero-order chi connectivity index (χ0) is 44.6. The number of anilines is 2. The number of nitro benzene ring substituents is 1. The lowest BCUT2D eigenvalue weighted by molar-refractivity contribution is -0.384. The summed E-state index contributed by atoms with van der Waals surface area (Å²) in [5.41, 5.74) is 6.08. The van der Waals surface area contributed by atoms with Crippen molar-refractivity contribution in [2.45, 2.75) is 63.7 Å². The number of hydrogen-bond acceptors (Lipinski definition) is 11. The van der Waals surface area contributed by atoms with Gasteiger partial charge in [0.1, 0.15) is 22.8 Å². The molecule has 0 saturated carbocycles. The van der Waals surface area contributed by atoms with E-state index in [1.807, 2.05) is 24.3 Å². The molecule has 1 amide bonds. The van der Waals surface area contributed by atoms with E-state index in [0.29, 0.717) is 31.2 Å². The average molecular weight is 909 g/mol. The van der Waals surface area contributed by atoms with Crippen molar-refractivity contribution in [3.63, 3.8) is 0 Å². The van der Waals surface area contributed by atoms with E-state index in [2.05, 4.69) is 55.8 Å². The Kier molecular flexibility index (Phi) is 12.2. The quantitative estimate of drug-likeness (QED) is 0.0759. The molecule has 0 atom stereocenters. The Bertz CT molecular complexity index is 2700. The highest BCUT2D eigenvalue weighted by Crippen LogP contribution is 2.46. The predicted molar refractivity (Wildman–Crippen MR) is 249 cm³/mol. The molecule has 0 bridgehead atoms. The fourth-order valence-corrected chi connectivity index (χ4v) is 11.0. The highest BCUT2D eigenvalue weighted by Gasteiger charge is 2.45. The number of fused-ring (bicyclic) bond motifs is 1. The molecule has 5 aromatic rings. The number of allylic oxidation sites excluding steroid dienone is 1. The number of likely N-dealkylation sites (tertiary alicyclic amines) is 1. The minimum atomic E-state index is -4.55. The molecule has 14 nitrogen and oxygen atoms in total. The molecule has 3 N–H and O–H groups in total. The molecular formula is C48H54ClN7O7S. The van der Waals surface area contributed by atoms with Crippen molar-refractivity contribution in [2.75, 3.05) is 62.7 Å². The highest BCUT2D eigenvalue weighted by molar-refractivity contribution is 7.90. The number of carbonyl (C=O) groups is 1. The predicted octanol–water partition coefficient (Wildman–Crippen LogP) is 9.44. The molecule has 336 valence electrons. The van der Waals surface area contributed by atoms with Crippen LogP contribution in [-0.2, 0) is 14.8 Å². The number of pyridine rings is 1. The summed E-state index contributed by atoms with van der Waals surface area (Å²) in [6.45, 7) is 11.2. The van der Waals surface area contributed by atoms with Gasteiger partial charge in [-0.3, -0.25) is 19.8 Å². The lowest BCUT2D eigenvalue weighted by atomic mass is 9.70. The van der Waals surface area contributed by atoms with Gasteiger partial charge in [0.2, 0.25) is 0 Å². The van der Waals surface area contributed by atoms with E-state index < -0.39 is 31.4 Å². The van der Waals surface area contributed by atoms with Gasteiger partial charge >= 0.3 is 0 Å². The monoisotopic (exact) mass is 907 g/mol. The second-order valence-electron chi connectivity index (χ2n) is 18.7. The SMILES string of the molecule is CC1(C)CCC(c2ccc(Cl)cc2)=C(CN2CC3(CCN(c4ccc(C(=O)NS(=O)(=O)c5ccc(NCC6CCOCC6)c([N+](=O)[O-])c5)c(Oc5cnc6[nH]ccc6c5)c4)CC3)C2)C1. The second-order valence-corrected chi connectivity index (χ2v) is 20.9. The van der Waals surface area contributed by atoms with Gasteiger partial charge in [-0.1, -0.05) is 43.2 Å². The van der Waals surface area contributed by atoms with Crippen LogP contribution in [0, 0.1) is 26.9 Å². The van der Waals surface area contributed by atoms with E-state index in [4.69, 9.17) is 21.1 Å². The van der Waals surface area contributed by atoms with Crippen LogP contribution in [0.25, 0.3) is 16.6 Å². The number of nitrogens with one attached hydrogen (secondary N) is 3. The molecule has 64 heavy (non-hydrogen) atoms. The van der Waals surface area contributed by atoms with Gasteiger partial charge in [0, 0.05) is 86.9 Å². The van der Waals surface area contributed by atoms with Crippen molar-refractivity contribution in [3.8, 4) is 11.5 Å². The van der Waals surface area contributed by atoms with Crippen molar-refractivity contribution in [2.24, 2.45) is 16.7 Å². The highest BCUT2D eigenvalue weighted by atomic mass is 35.5. The van der Waals surface area contributed by atoms with E-state index in [9.17, 15) is 23.3 Å². The summed E-state index contributed by atoms with van der Waals surface area (Å²) in [4.78, 5) is 37.4. The smallest absolute Gasteiger partial charge is 0.293 e. The van der Waals surface area contributed by atoms with Gasteiger partial charge in [-0.15, -0.1) is 0 Å². The standard InChI is InChI=1S/C48H54ClN7O7S/c1-47(2)15-11-40(33-3-5-36(49)6-4-33)35(26-47)29-54-30-48(31-54)16-19-55(20-17-48)37-7-9-41(44(24-37)63-38-23-34-12-18-50-45(34)52-28-38)46(57)53-64(60,61)39-8-10-42(43(25-39)56(58)59)51-27-32-13-21-62-22-14-32/h3-10,12,18,23-25,28,32,51H,11,13-17,19-22,26-27,29-31H2,1-2H3,(H,50,52)(H,53,57). The van der Waals surface area contributed by atoms with Crippen LogP contribution >= 0.6 is 11.6 Å². The Labute approximate surface area is 378 Å². The number of amides is 1. The van der Waals surface area contributed by atoms with Crippen molar-refractivity contribution >= 4 is 61.2 Å². The molecule has 4 aliphatic rings. The number of halogens is 1. The lowest BCUT2D eigenvalue weighted by Gasteiger charge is -2.55. The summed E-state index contributed by atoms with van der Waals surface area (Å²) < 4.78 is 41.3. The van der Waals surface area contributed by atoms with Gasteiger partial charge in [0.15, 0.2) is 0 Å². The Morgan fingerprint density at radius 2 is 1.78 bits per heavy atom. The molecule has 3 fully saturated rings. The molecule has 2 aromatic heterocycles. The topological polar surface area (TPSA) is 172 Å². The summed E-state index contributed by atoms with van der Waals surface area (Å²) in [6, 6.07) is 20.7. The van der Waals surface area contributed by atoms with Crippen LogP contribution in [0.15, 0.2) is 95.7 Å². The minimum Gasteiger partial charge on any atom is -0.455 e. The molecule has 1 spiro atoms. The van der Waals surface area contributed by atoms with Crippen molar-refractivity contribution in [3.05, 3.63) is 117 Å². The Morgan fingerprint density at radius 3 is 2.53 bits per heavy atom. The number of carbonyl (C=O) groups excluding carboxylic acids is 1. The average Bonchev–Trinajstić information content (AvgIpc) is 3.74. The van der Waals surface area contributed by atoms with Gasteiger partial charge in [0.05, 0.1) is 21.6 Å². The van der Waals surface area contributed by atoms with Gasteiger partial charge < -0.3 is 24.7 Å². The van der Waals surface area contributed by atoms with Crippen LogP contribution in [0.1, 0.15) is 74.7 Å². The number of nitro groups is 1. The summed E-state index contributed by atoms with van der Waals surface area (Å²) >= 11 is 6.24. The van der Waals surface area contributed by atoms with Crippen LogP contribution in [0.3, 0.4) is 0 Å². The zero-order valence-electron chi connectivity index (χ0n) is 36.2. The summed E-state index contributed by atoms with van der Waals surface area (Å²) in [5.74, 6) is -0.151. The first-order valence-electron chi connectivity index (χ1n) is 22.1. The van der Waals surface area contributed by atoms with Crippen molar-refractivity contribution < 1.29 is 27.6 Å². The summed E-state index contributed by atoms with van der Waals surface area (Å²) in [5, 5.41) is 16.8. The van der Waals surface area contributed by atoms with E-state index in [1.165, 1.54) is 41.5 Å². The molecule has 3 aromatic carbocycles. The number of rotatable bonds is 13. The van der Waals surface area contributed by atoms with Crippen LogP contribution < -0.4 is 19.7 Å². The summed E-state index contributed by atoms with van der Waals surface area (Å²) in [6.07, 6.45) is 10.3. The Hall–Kier alpha value is -5.48. The molecule has 1 aliphatic carbocycles. The first-order valence-corrected chi connectivity index (χ1v) is 23.9. The number of H-pyrrole nitrogens is 1. The molecule has 3 saturated heterocycles. The number of aromatic amines is 1. The Morgan fingerprint density at radius 1 is 1.02 bits per heavy atom. The number of benzene rings is 3. The first-order chi connectivity index (χ1) is 30.7. The Balaban J connectivity index is 0.898. The van der Waals surface area contributed by atoms with Crippen LogP contribution in [-0.4, -0.2) is 86.6 Å². The van der Waals surface area contributed by atoms with Gasteiger partial charge in [-0.05, 0) is 121 Å². The van der Waals surface area contributed by atoms with Crippen LogP contribution in [0.5, 0.6) is 11.5 Å². The van der Waals surface area contributed by atoms with E-state index >= 15 is 0 Å². The third-order valence-electron chi connectivity index (χ3n) is 13.5. The summed E-state index contributed by atoms with van der Waals surface area (Å²) in [7, 11) is -4.55. The lowest BCUT2D eigenvalue weighted by Crippen LogP contribution is -2.60. The van der Waals surface area contributed by atoms with E-state index in [1.54, 1.807) is 24.4 Å². The molecule has 16 heteroatoms. The maximum Gasteiger partial charge on any atom is 0.293 e. The zero-order valence-corrected chi connectivity index (χ0v) is 37.8. The number of sulfonamides is 1. The fourth-order valence-electron chi connectivity index (χ4n) is 9.91. The maximum atomic E-state index is 13.9. The van der Waals surface area contributed by atoms with Crippen molar-refractivity contribution in [1.29, 1.82) is 0 Å². The van der Waals surface area contributed by atoms with E-state index in [0.717, 1.165) is 93.4 Å². The molecule has 3 aliphatic heterocycles. The molecule has 5 heterocycles. The second kappa shape index (κ2) is 17.8. The molecule has 0 unspecified atom stereocenters. The van der Waals surface area contributed by atoms with Gasteiger partial charge in [-0.25, -0.2) is 18.1 Å². The van der Waals surface area contributed by atoms with Crippen LogP contribution in [0.2, 0.25) is 5.02 Å². The first kappa shape index (κ1) is 43.8. The van der Waals surface area contributed by atoms with Gasteiger partial charge in [-0.2, -0.15) is 0 Å². The largest absolute Gasteiger partial charge is 0.455 e. The van der Waals surface area contributed by atoms with Crippen LogP contribution in [0.4, 0.5) is 17.1 Å². The van der Waals surface area contributed by atoms with E-state index in [-0.39, 0.29) is 33.7 Å².